The second-order valence-electron chi connectivity index (χ2n) is 6.53. The second kappa shape index (κ2) is 5.72. The molecule has 1 saturated carbocycles. The summed E-state index contributed by atoms with van der Waals surface area (Å²) in [5.74, 6) is 2.77. The molecule has 24 heavy (non-hydrogen) atoms. The van der Waals surface area contributed by atoms with Crippen LogP contribution in [0.15, 0.2) is 48.5 Å². The maximum atomic E-state index is 12.2. The van der Waals surface area contributed by atoms with Gasteiger partial charge >= 0.3 is 6.09 Å². The fraction of sp³-hybridized carbons (Fsp3) is 0.286. The predicted octanol–water partition coefficient (Wildman–Crippen LogP) is 4.08. The van der Waals surface area contributed by atoms with Crippen molar-refractivity contribution in [3.05, 3.63) is 59.7 Å². The Kier molecular flexibility index (Phi) is 3.54. The SMILES string of the molecule is C#CC1(NC(=O)OCC2c3ccccc3-c3ccccc32)CCC1. The Labute approximate surface area is 142 Å². The molecule has 0 atom stereocenters. The molecular weight excluding hydrogens is 298 g/mol. The maximum absolute atomic E-state index is 12.2. The highest BCUT2D eigenvalue weighted by molar-refractivity contribution is 5.79. The van der Waals surface area contributed by atoms with Crippen molar-refractivity contribution in [1.82, 2.24) is 5.32 Å². The molecule has 0 saturated heterocycles. The number of carbonyl (C=O) groups is 1. The van der Waals surface area contributed by atoms with E-state index in [1.54, 1.807) is 0 Å². The Morgan fingerprint density at radius 3 is 2.21 bits per heavy atom. The van der Waals surface area contributed by atoms with Crippen molar-refractivity contribution in [1.29, 1.82) is 0 Å². The summed E-state index contributed by atoms with van der Waals surface area (Å²) in [5, 5.41) is 2.85. The molecule has 2 aliphatic rings. The third-order valence-electron chi connectivity index (χ3n) is 5.17. The van der Waals surface area contributed by atoms with Crippen LogP contribution in [0.25, 0.3) is 11.1 Å². The summed E-state index contributed by atoms with van der Waals surface area (Å²) in [4.78, 5) is 12.2. The first-order chi connectivity index (χ1) is 11.7. The Bertz CT molecular complexity index is 784. The predicted molar refractivity (Wildman–Crippen MR) is 93.6 cm³/mol. The number of amides is 1. The van der Waals surface area contributed by atoms with Gasteiger partial charge in [0.15, 0.2) is 0 Å². The lowest BCUT2D eigenvalue weighted by Crippen LogP contribution is -2.52. The largest absolute Gasteiger partial charge is 0.449 e. The average molecular weight is 317 g/mol. The molecule has 0 radical (unpaired) electrons. The first-order valence-corrected chi connectivity index (χ1v) is 8.33. The number of nitrogens with one attached hydrogen (secondary N) is 1. The molecule has 0 heterocycles. The number of rotatable bonds is 3. The van der Waals surface area contributed by atoms with Crippen LogP contribution in [0.4, 0.5) is 4.79 Å². The zero-order chi connectivity index (χ0) is 16.6. The van der Waals surface area contributed by atoms with Gasteiger partial charge in [0, 0.05) is 5.92 Å². The molecule has 2 aromatic rings. The van der Waals surface area contributed by atoms with Crippen molar-refractivity contribution >= 4 is 6.09 Å². The fourth-order valence-corrected chi connectivity index (χ4v) is 3.67. The Morgan fingerprint density at radius 2 is 1.71 bits per heavy atom. The van der Waals surface area contributed by atoms with Crippen LogP contribution in [0.3, 0.4) is 0 Å². The van der Waals surface area contributed by atoms with Gasteiger partial charge in [-0.1, -0.05) is 54.5 Å². The standard InChI is InChI=1S/C21H19NO2/c1-2-21(12-7-13-21)22-20(23)24-14-19-17-10-5-3-8-15(17)16-9-4-6-11-18(16)19/h1,3-6,8-11,19H,7,12-14H2,(H,22,23). The molecule has 4 rings (SSSR count). The smallest absolute Gasteiger partial charge is 0.408 e. The minimum atomic E-state index is -0.497. The molecule has 2 aliphatic carbocycles. The lowest BCUT2D eigenvalue weighted by molar-refractivity contribution is 0.124. The van der Waals surface area contributed by atoms with Gasteiger partial charge in [-0.3, -0.25) is 0 Å². The monoisotopic (exact) mass is 317 g/mol. The third-order valence-corrected chi connectivity index (χ3v) is 5.17. The summed E-state index contributed by atoms with van der Waals surface area (Å²) < 4.78 is 5.53. The topological polar surface area (TPSA) is 38.3 Å². The molecule has 2 aromatic carbocycles. The summed E-state index contributed by atoms with van der Waals surface area (Å²) in [6.45, 7) is 0.320. The highest BCUT2D eigenvalue weighted by atomic mass is 16.5. The molecule has 0 spiro atoms. The fourth-order valence-electron chi connectivity index (χ4n) is 3.67. The normalized spacial score (nSPS) is 17.1. The summed E-state index contributed by atoms with van der Waals surface area (Å²) in [6, 6.07) is 16.6. The van der Waals surface area contributed by atoms with Crippen molar-refractivity contribution in [3.63, 3.8) is 0 Å². The number of fused-ring (bicyclic) bond motifs is 3. The van der Waals surface area contributed by atoms with E-state index in [-0.39, 0.29) is 5.92 Å². The van der Waals surface area contributed by atoms with Gasteiger partial charge < -0.3 is 10.1 Å². The molecule has 1 amide bonds. The van der Waals surface area contributed by atoms with Crippen LogP contribution in [0.1, 0.15) is 36.3 Å². The van der Waals surface area contributed by atoms with Crippen LogP contribution >= 0.6 is 0 Å². The first kappa shape index (κ1) is 14.8. The Hall–Kier alpha value is -2.73. The van der Waals surface area contributed by atoms with Crippen LogP contribution in [-0.2, 0) is 4.74 Å². The summed E-state index contributed by atoms with van der Waals surface area (Å²) in [7, 11) is 0. The second-order valence-corrected chi connectivity index (χ2v) is 6.53. The first-order valence-electron chi connectivity index (χ1n) is 8.33. The quantitative estimate of drug-likeness (QED) is 0.866. The molecule has 1 N–H and O–H groups in total. The number of ether oxygens (including phenoxy) is 1. The van der Waals surface area contributed by atoms with Crippen molar-refractivity contribution in [2.75, 3.05) is 6.61 Å². The lowest BCUT2D eigenvalue weighted by Gasteiger charge is -2.37. The zero-order valence-corrected chi connectivity index (χ0v) is 13.4. The van der Waals surface area contributed by atoms with E-state index in [4.69, 9.17) is 11.2 Å². The van der Waals surface area contributed by atoms with Crippen molar-refractivity contribution in [3.8, 4) is 23.5 Å². The summed E-state index contributed by atoms with van der Waals surface area (Å²) >= 11 is 0. The van der Waals surface area contributed by atoms with E-state index in [1.165, 1.54) is 22.3 Å². The van der Waals surface area contributed by atoms with Gasteiger partial charge in [0.1, 0.15) is 12.1 Å². The van der Waals surface area contributed by atoms with Crippen molar-refractivity contribution in [2.24, 2.45) is 0 Å². The average Bonchev–Trinajstić information content (AvgIpc) is 2.90. The summed E-state index contributed by atoms with van der Waals surface area (Å²) in [5.41, 5.74) is 4.37. The number of hydrogen-bond acceptors (Lipinski definition) is 2. The van der Waals surface area contributed by atoms with Gasteiger partial charge in [-0.05, 0) is 41.5 Å². The van der Waals surface area contributed by atoms with Crippen LogP contribution in [-0.4, -0.2) is 18.2 Å². The van der Waals surface area contributed by atoms with Crippen LogP contribution in [0.5, 0.6) is 0 Å². The number of carbonyl (C=O) groups excluding carboxylic acids is 1. The van der Waals surface area contributed by atoms with Gasteiger partial charge in [-0.25, -0.2) is 4.79 Å². The number of terminal acetylenes is 1. The van der Waals surface area contributed by atoms with Gasteiger partial charge in [0.05, 0.1) is 0 Å². The van der Waals surface area contributed by atoms with E-state index < -0.39 is 11.6 Å². The van der Waals surface area contributed by atoms with E-state index >= 15 is 0 Å². The highest BCUT2D eigenvalue weighted by Crippen LogP contribution is 2.44. The molecular formula is C21H19NO2. The van der Waals surface area contributed by atoms with E-state index in [1.807, 2.05) is 24.3 Å². The molecule has 1 fully saturated rings. The molecule has 0 unspecified atom stereocenters. The molecule has 120 valence electrons. The van der Waals surface area contributed by atoms with Crippen LogP contribution < -0.4 is 5.32 Å². The molecule has 3 nitrogen and oxygen atoms in total. The number of alkyl carbamates (subject to hydrolysis) is 1. The minimum absolute atomic E-state index is 0.0753. The molecule has 0 aromatic heterocycles. The van der Waals surface area contributed by atoms with Crippen LogP contribution in [0.2, 0.25) is 0 Å². The van der Waals surface area contributed by atoms with Gasteiger partial charge in [0.25, 0.3) is 0 Å². The van der Waals surface area contributed by atoms with Gasteiger partial charge in [-0.15, -0.1) is 6.42 Å². The third kappa shape index (κ3) is 2.35. The zero-order valence-electron chi connectivity index (χ0n) is 13.4. The highest BCUT2D eigenvalue weighted by Gasteiger charge is 2.37. The van der Waals surface area contributed by atoms with Crippen LogP contribution in [0, 0.1) is 12.3 Å². The molecule has 0 bridgehead atoms. The lowest BCUT2D eigenvalue weighted by atomic mass is 9.78. The van der Waals surface area contributed by atoms with Crippen molar-refractivity contribution < 1.29 is 9.53 Å². The van der Waals surface area contributed by atoms with E-state index in [9.17, 15) is 4.79 Å². The van der Waals surface area contributed by atoms with E-state index in [0.717, 1.165) is 19.3 Å². The van der Waals surface area contributed by atoms with Gasteiger partial charge in [0.2, 0.25) is 0 Å². The maximum Gasteiger partial charge on any atom is 0.408 e. The number of benzene rings is 2. The van der Waals surface area contributed by atoms with Crippen molar-refractivity contribution in [2.45, 2.75) is 30.7 Å². The number of hydrogen-bond donors (Lipinski definition) is 1. The summed E-state index contributed by atoms with van der Waals surface area (Å²) in [6.07, 6.45) is 7.82. The minimum Gasteiger partial charge on any atom is -0.449 e. The Balaban J connectivity index is 1.51. The van der Waals surface area contributed by atoms with E-state index in [2.05, 4.69) is 35.5 Å². The molecule has 3 heteroatoms. The Morgan fingerprint density at radius 1 is 1.12 bits per heavy atom. The van der Waals surface area contributed by atoms with E-state index in [0.29, 0.717) is 6.61 Å². The molecule has 0 aliphatic heterocycles. The van der Waals surface area contributed by atoms with Gasteiger partial charge in [-0.2, -0.15) is 0 Å².